The number of carbonyl (C=O) groups is 1. The molecule has 0 aliphatic carbocycles. The molecule has 0 rings (SSSR count). The van der Waals surface area contributed by atoms with E-state index >= 15 is 0 Å². The second kappa shape index (κ2) is 7.00. The van der Waals surface area contributed by atoms with E-state index in [-0.39, 0.29) is 0 Å². The summed E-state index contributed by atoms with van der Waals surface area (Å²) in [4.78, 5) is 10.5. The third kappa shape index (κ3) is 4.68. The minimum absolute atomic E-state index is 0.550. The third-order valence-electron chi connectivity index (χ3n) is 3.42. The van der Waals surface area contributed by atoms with Crippen LogP contribution in [0.4, 0.5) is 48.3 Å². The molecule has 0 aliphatic rings. The smallest absolute Gasteiger partial charge is 0.460 e. The van der Waals surface area contributed by atoms with Gasteiger partial charge >= 0.3 is 35.8 Å². The summed E-state index contributed by atoms with van der Waals surface area (Å²) in [5, 5.41) is 8.54. The van der Waals surface area contributed by atoms with Gasteiger partial charge in [-0.3, -0.25) is 0 Å². The Kier molecular flexibility index (Phi) is 6.64. The van der Waals surface area contributed by atoms with Crippen LogP contribution in [0.15, 0.2) is 0 Å². The molecular formula is C12H15F11NO2+. The van der Waals surface area contributed by atoms with Gasteiger partial charge in [-0.1, -0.05) is 0 Å². The molecule has 0 unspecified atom stereocenters. The number of carboxylic acid groups (broad SMARTS) is 1. The molecule has 156 valence electrons. The second-order valence-corrected chi connectivity index (χ2v) is 6.24. The highest BCUT2D eigenvalue weighted by Crippen LogP contribution is 2.58. The lowest BCUT2D eigenvalue weighted by atomic mass is 9.95. The van der Waals surface area contributed by atoms with Gasteiger partial charge in [0.25, 0.3) is 0 Å². The molecule has 0 heterocycles. The van der Waals surface area contributed by atoms with Crippen molar-refractivity contribution in [3.8, 4) is 0 Å². The first kappa shape index (κ1) is 24.7. The number of likely N-dealkylation sites (N-methyl/N-ethyl adjacent to an activating group) is 1. The van der Waals surface area contributed by atoms with Gasteiger partial charge in [0.05, 0.1) is 20.6 Å². The molecule has 0 saturated carbocycles. The van der Waals surface area contributed by atoms with Crippen LogP contribution in [-0.2, 0) is 4.79 Å². The molecule has 0 bridgehead atoms. The van der Waals surface area contributed by atoms with Gasteiger partial charge in [-0.15, -0.1) is 0 Å². The van der Waals surface area contributed by atoms with E-state index in [9.17, 15) is 53.1 Å². The highest BCUT2D eigenvalue weighted by atomic mass is 19.4. The molecule has 1 N–H and O–H groups in total. The van der Waals surface area contributed by atoms with Crippen LogP contribution in [0.3, 0.4) is 0 Å². The van der Waals surface area contributed by atoms with E-state index in [1.165, 1.54) is 0 Å². The zero-order valence-corrected chi connectivity index (χ0v) is 13.3. The van der Waals surface area contributed by atoms with Crippen molar-refractivity contribution in [2.45, 2.75) is 42.7 Å². The van der Waals surface area contributed by atoms with Crippen LogP contribution >= 0.6 is 0 Å². The summed E-state index contributed by atoms with van der Waals surface area (Å²) in [7, 11) is 2.33. The minimum Gasteiger partial charge on any atom is -0.477 e. The fourth-order valence-corrected chi connectivity index (χ4v) is 1.94. The molecular weight excluding hydrogens is 399 g/mol. The Morgan fingerprint density at radius 3 is 1.58 bits per heavy atom. The van der Waals surface area contributed by atoms with E-state index in [0.717, 1.165) is 14.1 Å². The molecule has 0 aromatic carbocycles. The summed E-state index contributed by atoms with van der Waals surface area (Å²) >= 11 is 0. The quantitative estimate of drug-likeness (QED) is 0.457. The number of nitrogens with zero attached hydrogens (tertiary/aromatic N) is 1. The van der Waals surface area contributed by atoms with Crippen molar-refractivity contribution < 1.29 is 62.7 Å². The van der Waals surface area contributed by atoms with E-state index in [1.54, 1.807) is 0 Å². The highest BCUT2D eigenvalue weighted by Gasteiger charge is 2.86. The lowest BCUT2D eigenvalue weighted by Crippen LogP contribution is -2.66. The summed E-state index contributed by atoms with van der Waals surface area (Å²) in [6.45, 7) is -1.23. The maximum Gasteiger partial charge on any atom is 0.460 e. The maximum absolute atomic E-state index is 13.4. The van der Waals surface area contributed by atoms with Crippen LogP contribution in [0.5, 0.6) is 0 Å². The number of quaternary nitrogens is 1. The Morgan fingerprint density at radius 2 is 1.23 bits per heavy atom. The van der Waals surface area contributed by atoms with Crippen molar-refractivity contribution >= 4 is 5.97 Å². The van der Waals surface area contributed by atoms with Gasteiger partial charge in [0.15, 0.2) is 6.54 Å². The largest absolute Gasteiger partial charge is 0.477 e. The van der Waals surface area contributed by atoms with E-state index < -0.39 is 66.2 Å². The van der Waals surface area contributed by atoms with Crippen LogP contribution in [0.1, 0.15) is 12.8 Å². The number of carboxylic acids is 1. The number of rotatable bonds is 9. The van der Waals surface area contributed by atoms with Crippen LogP contribution in [-0.4, -0.2) is 72.6 Å². The minimum atomic E-state index is -7.41. The predicted octanol–water partition coefficient (Wildman–Crippen LogP) is 4.03. The Bertz CT molecular complexity index is 514. The van der Waals surface area contributed by atoms with Gasteiger partial charge in [-0.25, -0.2) is 4.79 Å². The standard InChI is InChI=1S/C12H14F11NO2/c1-24(2,6-7(25)26)5-3-4-8(13,14)9(15,16)10(17,18)11(19,20)12(21,22)23/h3-6H2,1-2H3/p+1. The van der Waals surface area contributed by atoms with Crippen LogP contribution in [0, 0.1) is 0 Å². The molecule has 0 aromatic rings. The Morgan fingerprint density at radius 1 is 0.808 bits per heavy atom. The number of halogens is 11. The molecule has 0 aliphatic heterocycles. The van der Waals surface area contributed by atoms with Gasteiger partial charge in [-0.2, -0.15) is 48.3 Å². The van der Waals surface area contributed by atoms with Crippen molar-refractivity contribution in [1.29, 1.82) is 0 Å². The third-order valence-corrected chi connectivity index (χ3v) is 3.42. The predicted molar refractivity (Wildman–Crippen MR) is 64.6 cm³/mol. The van der Waals surface area contributed by atoms with E-state index in [4.69, 9.17) is 5.11 Å². The zero-order valence-electron chi connectivity index (χ0n) is 13.3. The lowest BCUT2D eigenvalue weighted by molar-refractivity contribution is -0.883. The van der Waals surface area contributed by atoms with Crippen LogP contribution < -0.4 is 0 Å². The van der Waals surface area contributed by atoms with E-state index in [1.807, 2.05) is 0 Å². The Balaban J connectivity index is 5.41. The summed E-state index contributed by atoms with van der Waals surface area (Å²) in [6.07, 6.45) is -10.4. The number of alkyl halides is 11. The SMILES string of the molecule is C[N+](C)(CCCC(F)(F)C(F)(F)C(F)(F)C(F)(F)C(F)(F)F)CC(=O)O. The Hall–Kier alpha value is -1.34. The van der Waals surface area contributed by atoms with Crippen LogP contribution in [0.25, 0.3) is 0 Å². The molecule has 26 heavy (non-hydrogen) atoms. The van der Waals surface area contributed by atoms with Crippen LogP contribution in [0.2, 0.25) is 0 Å². The monoisotopic (exact) mass is 414 g/mol. The molecule has 3 nitrogen and oxygen atoms in total. The van der Waals surface area contributed by atoms with Gasteiger partial charge in [0, 0.05) is 12.8 Å². The molecule has 0 saturated heterocycles. The van der Waals surface area contributed by atoms with E-state index in [2.05, 4.69) is 0 Å². The highest BCUT2D eigenvalue weighted by molar-refractivity contribution is 5.67. The summed E-state index contributed by atoms with van der Waals surface area (Å²) in [5.74, 6) is -29.1. The average Bonchev–Trinajstić information content (AvgIpc) is 2.34. The lowest BCUT2D eigenvalue weighted by Gasteiger charge is -2.37. The van der Waals surface area contributed by atoms with Gasteiger partial charge in [-0.05, 0) is 0 Å². The topological polar surface area (TPSA) is 37.3 Å². The van der Waals surface area contributed by atoms with Gasteiger partial charge in [0.1, 0.15) is 0 Å². The number of hydrogen-bond acceptors (Lipinski definition) is 1. The summed E-state index contributed by atoms with van der Waals surface area (Å²) < 4.78 is 140. The number of aliphatic carboxylic acids is 1. The first-order chi connectivity index (χ1) is 11.1. The van der Waals surface area contributed by atoms with Crippen molar-refractivity contribution in [1.82, 2.24) is 0 Å². The van der Waals surface area contributed by atoms with Crippen molar-refractivity contribution in [2.75, 3.05) is 27.2 Å². The first-order valence-electron chi connectivity index (χ1n) is 6.74. The average molecular weight is 414 g/mol. The zero-order chi connectivity index (χ0) is 21.4. The molecule has 0 atom stereocenters. The normalized spacial score (nSPS) is 15.3. The first-order valence-corrected chi connectivity index (χ1v) is 6.74. The van der Waals surface area contributed by atoms with Gasteiger partial charge in [0.2, 0.25) is 0 Å². The molecule has 0 radical (unpaired) electrons. The van der Waals surface area contributed by atoms with Crippen molar-refractivity contribution in [3.63, 3.8) is 0 Å². The summed E-state index contributed by atoms with van der Waals surface area (Å²) in [6, 6.07) is 0. The van der Waals surface area contributed by atoms with Crippen molar-refractivity contribution in [2.24, 2.45) is 0 Å². The number of hydrogen-bond donors (Lipinski definition) is 1. The Labute approximate surface area is 140 Å². The molecule has 14 heteroatoms. The summed E-state index contributed by atoms with van der Waals surface area (Å²) in [5.41, 5.74) is 0. The maximum atomic E-state index is 13.4. The second-order valence-electron chi connectivity index (χ2n) is 6.24. The molecule has 0 amide bonds. The van der Waals surface area contributed by atoms with Gasteiger partial charge < -0.3 is 9.59 Å². The molecule has 0 spiro atoms. The van der Waals surface area contributed by atoms with Crippen molar-refractivity contribution in [3.05, 3.63) is 0 Å². The fourth-order valence-electron chi connectivity index (χ4n) is 1.94. The molecule has 0 aromatic heterocycles. The fraction of sp³-hybridized carbons (Fsp3) is 0.917. The molecule has 0 fully saturated rings. The van der Waals surface area contributed by atoms with E-state index in [0.29, 0.717) is 0 Å².